The molecule has 1 N–H and O–H groups in total. The fraction of sp³-hybridized carbons (Fsp3) is 0.154. The van der Waals surface area contributed by atoms with Crippen LogP contribution in [0.2, 0.25) is 0 Å². The molecule has 4 nitrogen and oxygen atoms in total. The molecule has 0 aliphatic carbocycles. The van der Waals surface area contributed by atoms with E-state index in [4.69, 9.17) is 0 Å². The Morgan fingerprint density at radius 1 is 1.22 bits per heavy atom. The van der Waals surface area contributed by atoms with E-state index >= 15 is 0 Å². The zero-order chi connectivity index (χ0) is 13.0. The van der Waals surface area contributed by atoms with Crippen LogP contribution in [0, 0.1) is 6.92 Å². The quantitative estimate of drug-likeness (QED) is 0.861. The number of benzene rings is 1. The lowest BCUT2D eigenvalue weighted by atomic mass is 10.2. The second kappa shape index (κ2) is 5.64. The van der Waals surface area contributed by atoms with Gasteiger partial charge < -0.3 is 5.32 Å². The van der Waals surface area contributed by atoms with Crippen molar-refractivity contribution in [2.45, 2.75) is 11.8 Å². The number of hydrogen-bond acceptors (Lipinski definition) is 4. The maximum Gasteiger partial charge on any atom is 0.258 e. The number of aromatic nitrogens is 2. The zero-order valence-corrected chi connectivity index (χ0v) is 11.0. The molecule has 0 atom stereocenters. The predicted octanol–water partition coefficient (Wildman–Crippen LogP) is 2.76. The third kappa shape index (κ3) is 2.87. The van der Waals surface area contributed by atoms with Crippen molar-refractivity contribution in [1.29, 1.82) is 0 Å². The molecule has 0 aliphatic rings. The predicted molar refractivity (Wildman–Crippen MR) is 72.9 cm³/mol. The normalized spacial score (nSPS) is 10.1. The van der Waals surface area contributed by atoms with Crippen molar-refractivity contribution >= 4 is 23.4 Å². The first kappa shape index (κ1) is 12.6. The van der Waals surface area contributed by atoms with Crippen LogP contribution < -0.4 is 5.32 Å². The van der Waals surface area contributed by atoms with Gasteiger partial charge in [-0.15, -0.1) is 11.8 Å². The summed E-state index contributed by atoms with van der Waals surface area (Å²) in [4.78, 5) is 21.0. The van der Waals surface area contributed by atoms with Gasteiger partial charge in [-0.1, -0.05) is 12.1 Å². The molecule has 92 valence electrons. The molecule has 0 saturated carbocycles. The summed E-state index contributed by atoms with van der Waals surface area (Å²) in [7, 11) is 0. The van der Waals surface area contributed by atoms with Crippen LogP contribution in [0.3, 0.4) is 0 Å². The van der Waals surface area contributed by atoms with Crippen LogP contribution >= 0.6 is 11.8 Å². The van der Waals surface area contributed by atoms with Gasteiger partial charge in [-0.3, -0.25) is 4.79 Å². The van der Waals surface area contributed by atoms with Gasteiger partial charge in [0, 0.05) is 17.3 Å². The monoisotopic (exact) mass is 259 g/mol. The van der Waals surface area contributed by atoms with E-state index in [0.29, 0.717) is 11.4 Å². The Morgan fingerprint density at radius 3 is 2.56 bits per heavy atom. The van der Waals surface area contributed by atoms with Crippen LogP contribution in [0.4, 0.5) is 5.69 Å². The first-order valence-corrected chi connectivity index (χ1v) is 6.66. The molecule has 0 bridgehead atoms. The van der Waals surface area contributed by atoms with Crippen molar-refractivity contribution in [2.75, 3.05) is 11.6 Å². The minimum Gasteiger partial charge on any atom is -0.321 e. The van der Waals surface area contributed by atoms with E-state index in [1.165, 1.54) is 12.4 Å². The number of carbonyl (C=O) groups is 1. The minimum atomic E-state index is -0.198. The molecule has 0 unspecified atom stereocenters. The van der Waals surface area contributed by atoms with Crippen molar-refractivity contribution in [2.24, 2.45) is 0 Å². The second-order valence-corrected chi connectivity index (χ2v) is 4.52. The smallest absolute Gasteiger partial charge is 0.258 e. The summed E-state index contributed by atoms with van der Waals surface area (Å²) in [6.45, 7) is 1.78. The van der Waals surface area contributed by atoms with Crippen LogP contribution in [0.5, 0.6) is 0 Å². The van der Waals surface area contributed by atoms with E-state index in [1.807, 2.05) is 30.5 Å². The number of thioether (sulfide) groups is 1. The molecule has 0 spiro atoms. The number of nitrogens with one attached hydrogen (secondary N) is 1. The molecule has 18 heavy (non-hydrogen) atoms. The lowest BCUT2D eigenvalue weighted by Crippen LogP contribution is -2.13. The molecular weight excluding hydrogens is 246 g/mol. The van der Waals surface area contributed by atoms with Crippen molar-refractivity contribution < 1.29 is 4.79 Å². The summed E-state index contributed by atoms with van der Waals surface area (Å²) in [6.07, 6.45) is 5.03. The third-order valence-corrected chi connectivity index (χ3v) is 3.19. The summed E-state index contributed by atoms with van der Waals surface area (Å²) in [5.74, 6) is 0.451. The molecular formula is C13H13N3OS. The van der Waals surface area contributed by atoms with Crippen LogP contribution in [-0.4, -0.2) is 22.1 Å². The fourth-order valence-electron chi connectivity index (χ4n) is 1.45. The molecule has 2 aromatic rings. The van der Waals surface area contributed by atoms with E-state index in [-0.39, 0.29) is 5.91 Å². The number of carbonyl (C=O) groups excluding carboxylic acids is 1. The molecule has 1 amide bonds. The van der Waals surface area contributed by atoms with Gasteiger partial charge in [0.2, 0.25) is 0 Å². The maximum atomic E-state index is 12.0. The Labute approximate surface area is 110 Å². The Balaban J connectivity index is 2.18. The van der Waals surface area contributed by atoms with Gasteiger partial charge in [-0.2, -0.15) is 0 Å². The summed E-state index contributed by atoms with van der Waals surface area (Å²) < 4.78 is 0. The number of hydrogen-bond donors (Lipinski definition) is 1. The molecule has 2 rings (SSSR count). The molecule has 0 fully saturated rings. The molecule has 1 aromatic carbocycles. The molecule has 0 aliphatic heterocycles. The Kier molecular flexibility index (Phi) is 3.94. The minimum absolute atomic E-state index is 0.198. The lowest BCUT2D eigenvalue weighted by Gasteiger charge is -2.08. The van der Waals surface area contributed by atoms with Gasteiger partial charge >= 0.3 is 0 Å². The van der Waals surface area contributed by atoms with Gasteiger partial charge in [0.1, 0.15) is 5.82 Å². The number of amides is 1. The SMILES string of the molecule is CSc1ccccc1NC(=O)c1cnc(C)nc1. The van der Waals surface area contributed by atoms with Gasteiger partial charge in [-0.05, 0) is 25.3 Å². The summed E-state index contributed by atoms with van der Waals surface area (Å²) in [5, 5.41) is 2.86. The van der Waals surface area contributed by atoms with Crippen LogP contribution in [-0.2, 0) is 0 Å². The highest BCUT2D eigenvalue weighted by molar-refractivity contribution is 7.98. The van der Waals surface area contributed by atoms with Gasteiger partial charge in [0.25, 0.3) is 5.91 Å². The molecule has 0 radical (unpaired) electrons. The van der Waals surface area contributed by atoms with E-state index in [1.54, 1.807) is 18.7 Å². The molecule has 5 heteroatoms. The van der Waals surface area contributed by atoms with Crippen LogP contribution in [0.1, 0.15) is 16.2 Å². The topological polar surface area (TPSA) is 54.9 Å². The van der Waals surface area contributed by atoms with E-state index < -0.39 is 0 Å². The highest BCUT2D eigenvalue weighted by Gasteiger charge is 2.09. The zero-order valence-electron chi connectivity index (χ0n) is 10.2. The number of nitrogens with zero attached hydrogens (tertiary/aromatic N) is 2. The van der Waals surface area contributed by atoms with E-state index in [2.05, 4.69) is 15.3 Å². The van der Waals surface area contributed by atoms with Gasteiger partial charge in [0.15, 0.2) is 0 Å². The average Bonchev–Trinajstić information content (AvgIpc) is 2.40. The van der Waals surface area contributed by atoms with Crippen molar-refractivity contribution in [3.05, 3.63) is 48.0 Å². The number of rotatable bonds is 3. The molecule has 1 heterocycles. The number of para-hydroxylation sites is 1. The van der Waals surface area contributed by atoms with Crippen LogP contribution in [0.25, 0.3) is 0 Å². The standard InChI is InChI=1S/C13H13N3OS/c1-9-14-7-10(8-15-9)13(17)16-11-5-3-4-6-12(11)18-2/h3-8H,1-2H3,(H,16,17). The summed E-state index contributed by atoms with van der Waals surface area (Å²) in [6, 6.07) is 7.67. The van der Waals surface area contributed by atoms with Crippen molar-refractivity contribution in [3.8, 4) is 0 Å². The van der Waals surface area contributed by atoms with Crippen LogP contribution in [0.15, 0.2) is 41.6 Å². The third-order valence-electron chi connectivity index (χ3n) is 2.40. The van der Waals surface area contributed by atoms with Crippen molar-refractivity contribution in [3.63, 3.8) is 0 Å². The Bertz CT molecular complexity index is 554. The Hall–Kier alpha value is -1.88. The summed E-state index contributed by atoms with van der Waals surface area (Å²) in [5.41, 5.74) is 1.26. The van der Waals surface area contributed by atoms with Crippen molar-refractivity contribution in [1.82, 2.24) is 9.97 Å². The van der Waals surface area contributed by atoms with Gasteiger partial charge in [-0.25, -0.2) is 9.97 Å². The van der Waals surface area contributed by atoms with E-state index in [9.17, 15) is 4.79 Å². The van der Waals surface area contributed by atoms with E-state index in [0.717, 1.165) is 10.6 Å². The first-order valence-electron chi connectivity index (χ1n) is 5.43. The Morgan fingerprint density at radius 2 is 1.89 bits per heavy atom. The highest BCUT2D eigenvalue weighted by Crippen LogP contribution is 2.24. The number of aryl methyl sites for hydroxylation is 1. The number of anilines is 1. The second-order valence-electron chi connectivity index (χ2n) is 3.67. The molecule has 0 saturated heterocycles. The summed E-state index contributed by atoms with van der Waals surface area (Å²) >= 11 is 1.59. The lowest BCUT2D eigenvalue weighted by molar-refractivity contribution is 0.102. The van der Waals surface area contributed by atoms with Gasteiger partial charge in [0.05, 0.1) is 11.3 Å². The average molecular weight is 259 g/mol. The maximum absolute atomic E-state index is 12.0. The largest absolute Gasteiger partial charge is 0.321 e. The molecule has 1 aromatic heterocycles. The highest BCUT2D eigenvalue weighted by atomic mass is 32.2. The first-order chi connectivity index (χ1) is 8.70. The fourth-order valence-corrected chi connectivity index (χ4v) is 2.01.